The second-order valence-electron chi connectivity index (χ2n) is 7.28. The highest BCUT2D eigenvalue weighted by Gasteiger charge is 2.24. The van der Waals surface area contributed by atoms with Gasteiger partial charge in [-0.2, -0.15) is 0 Å². The molecule has 0 aromatic carbocycles. The van der Waals surface area contributed by atoms with Crippen molar-refractivity contribution in [3.63, 3.8) is 0 Å². The molecule has 0 aromatic rings. The lowest BCUT2D eigenvalue weighted by atomic mass is 9.61. The fourth-order valence-corrected chi connectivity index (χ4v) is 3.19. The molecule has 1 aliphatic rings. The molecule has 0 aromatic heterocycles. The summed E-state index contributed by atoms with van der Waals surface area (Å²) in [6.07, 6.45) is 15.0. The molecule has 1 fully saturated rings. The van der Waals surface area contributed by atoms with E-state index in [2.05, 4.69) is 77.8 Å². The van der Waals surface area contributed by atoms with Crippen molar-refractivity contribution in [1.82, 2.24) is 0 Å². The summed E-state index contributed by atoms with van der Waals surface area (Å²) in [5, 5.41) is 0. The summed E-state index contributed by atoms with van der Waals surface area (Å²) in [6, 6.07) is 0. The normalized spacial score (nSPS) is 16.9. The molecule has 0 amide bonds. The zero-order valence-corrected chi connectivity index (χ0v) is 17.9. The minimum atomic E-state index is 0.650. The zero-order chi connectivity index (χ0) is 20.6. The molecule has 0 N–H and O–H groups in total. The summed E-state index contributed by atoms with van der Waals surface area (Å²) in [6.45, 7) is 26.9. The minimum absolute atomic E-state index is 0.650. The van der Waals surface area contributed by atoms with Gasteiger partial charge in [-0.3, -0.25) is 0 Å². The third kappa shape index (κ3) is 7.10. The number of rotatable bonds is 10. The van der Waals surface area contributed by atoms with Crippen LogP contribution in [0.15, 0.2) is 107 Å². The van der Waals surface area contributed by atoms with Gasteiger partial charge >= 0.3 is 0 Å². The van der Waals surface area contributed by atoms with Crippen LogP contribution in [0.5, 0.6) is 0 Å². The largest absolute Gasteiger partial charge is 0.184 e. The van der Waals surface area contributed by atoms with Crippen molar-refractivity contribution < 1.29 is 0 Å². The highest BCUT2D eigenvalue weighted by molar-refractivity contribution is 6.54. The van der Waals surface area contributed by atoms with Crippen molar-refractivity contribution in [3.05, 3.63) is 107 Å². The maximum atomic E-state index is 4.24. The van der Waals surface area contributed by atoms with Gasteiger partial charge in [0.1, 0.15) is 0 Å². The van der Waals surface area contributed by atoms with Gasteiger partial charge in [0.2, 0.25) is 0 Å². The Hall–Kier alpha value is -2.28. The third-order valence-electron chi connectivity index (χ3n) is 4.72. The van der Waals surface area contributed by atoms with Crippen molar-refractivity contribution in [2.24, 2.45) is 5.92 Å². The van der Waals surface area contributed by atoms with Crippen LogP contribution in [0.2, 0.25) is 0 Å². The van der Waals surface area contributed by atoms with Crippen molar-refractivity contribution in [2.45, 2.75) is 47.5 Å². The third-order valence-corrected chi connectivity index (χ3v) is 4.72. The average molecular weight is 357 g/mol. The van der Waals surface area contributed by atoms with Gasteiger partial charge in [-0.05, 0) is 81.2 Å². The van der Waals surface area contributed by atoms with Crippen LogP contribution in [0, 0.1) is 5.92 Å². The lowest BCUT2D eigenvalue weighted by Gasteiger charge is -2.13. The van der Waals surface area contributed by atoms with Gasteiger partial charge in [-0.25, -0.2) is 0 Å². The SMILES string of the molecule is C=CC(/C(C)=C/C(=C/C(=C)[B]C(=C)C1CC1)C(=C\C)/C(=C)C)=C(C)\C=C/C. The van der Waals surface area contributed by atoms with Gasteiger partial charge in [-0.1, -0.05) is 60.7 Å². The molecule has 1 heteroatoms. The molecule has 0 bridgehead atoms. The molecule has 0 atom stereocenters. The van der Waals surface area contributed by atoms with Gasteiger partial charge in [0.25, 0.3) is 0 Å². The zero-order valence-electron chi connectivity index (χ0n) is 17.9. The van der Waals surface area contributed by atoms with E-state index in [1.165, 1.54) is 29.5 Å². The summed E-state index contributed by atoms with van der Waals surface area (Å²) in [7, 11) is 2.11. The highest BCUT2D eigenvalue weighted by atomic mass is 14.2. The Morgan fingerprint density at radius 3 is 2.07 bits per heavy atom. The Bertz CT molecular complexity index is 771. The van der Waals surface area contributed by atoms with E-state index >= 15 is 0 Å². The van der Waals surface area contributed by atoms with Crippen LogP contribution < -0.4 is 0 Å². The minimum Gasteiger partial charge on any atom is -0.109 e. The standard InChI is InChI=1S/C26H34B/c1-10-13-19(6)26(12-3)20(7)16-24(25(11-2)18(4)5)17-21(8)27-22(9)23-14-15-23/h10-13,16-17,23H,3-4,8-9,14-15H2,1-2,5-7H3/b13-10-,20-16+,24-17-,25-11-,26-19+. The van der Waals surface area contributed by atoms with Crippen LogP contribution in [0.3, 0.4) is 0 Å². The van der Waals surface area contributed by atoms with Crippen molar-refractivity contribution in [1.29, 1.82) is 0 Å². The van der Waals surface area contributed by atoms with E-state index in [1.54, 1.807) is 0 Å². The molecule has 0 aliphatic heterocycles. The smallest absolute Gasteiger partial charge is 0.109 e. The first kappa shape index (κ1) is 22.8. The van der Waals surface area contributed by atoms with Crippen molar-refractivity contribution in [2.75, 3.05) is 0 Å². The maximum Gasteiger partial charge on any atom is 0.184 e. The van der Waals surface area contributed by atoms with Gasteiger partial charge in [0.05, 0.1) is 0 Å². The van der Waals surface area contributed by atoms with Crippen LogP contribution in [0.4, 0.5) is 0 Å². The summed E-state index contributed by atoms with van der Waals surface area (Å²) >= 11 is 0. The predicted octanol–water partition coefficient (Wildman–Crippen LogP) is 7.60. The van der Waals surface area contributed by atoms with Crippen LogP contribution in [-0.2, 0) is 0 Å². The molecule has 1 aliphatic carbocycles. The average Bonchev–Trinajstić information content (AvgIpc) is 3.40. The molecule has 27 heavy (non-hydrogen) atoms. The predicted molar refractivity (Wildman–Crippen MR) is 125 cm³/mol. The molecular formula is C26H34B. The number of allylic oxidation sites excluding steroid dienone is 14. The topological polar surface area (TPSA) is 0 Å². The fourth-order valence-electron chi connectivity index (χ4n) is 3.19. The summed E-state index contributed by atoms with van der Waals surface area (Å²) in [4.78, 5) is 0. The molecule has 1 saturated carbocycles. The summed E-state index contributed by atoms with van der Waals surface area (Å²) < 4.78 is 0. The molecule has 0 heterocycles. The van der Waals surface area contributed by atoms with Crippen LogP contribution in [0.25, 0.3) is 0 Å². The molecule has 0 nitrogen and oxygen atoms in total. The van der Waals surface area contributed by atoms with E-state index < -0.39 is 0 Å². The van der Waals surface area contributed by atoms with E-state index in [4.69, 9.17) is 0 Å². The maximum absolute atomic E-state index is 4.24. The van der Waals surface area contributed by atoms with E-state index in [-0.39, 0.29) is 0 Å². The monoisotopic (exact) mass is 357 g/mol. The highest BCUT2D eigenvalue weighted by Crippen LogP contribution is 2.35. The van der Waals surface area contributed by atoms with Gasteiger partial charge < -0.3 is 0 Å². The second kappa shape index (κ2) is 10.8. The van der Waals surface area contributed by atoms with E-state index in [0.717, 1.165) is 27.8 Å². The van der Waals surface area contributed by atoms with E-state index in [1.807, 2.05) is 26.8 Å². The van der Waals surface area contributed by atoms with Gasteiger partial charge in [0.15, 0.2) is 7.28 Å². The second-order valence-corrected chi connectivity index (χ2v) is 7.28. The summed E-state index contributed by atoms with van der Waals surface area (Å²) in [5.41, 5.74) is 8.95. The fraction of sp³-hybridized carbons (Fsp3) is 0.308. The molecular weight excluding hydrogens is 323 g/mol. The molecule has 0 spiro atoms. The van der Waals surface area contributed by atoms with Crippen LogP contribution >= 0.6 is 0 Å². The first-order chi connectivity index (χ1) is 12.7. The number of hydrogen-bond donors (Lipinski definition) is 0. The Kier molecular flexibility index (Phi) is 9.08. The van der Waals surface area contributed by atoms with E-state index in [0.29, 0.717) is 5.92 Å². The Labute approximate surface area is 168 Å². The Balaban J connectivity index is 3.32. The van der Waals surface area contributed by atoms with Crippen molar-refractivity contribution >= 4 is 7.28 Å². The van der Waals surface area contributed by atoms with E-state index in [9.17, 15) is 0 Å². The number of hydrogen-bond acceptors (Lipinski definition) is 0. The molecule has 141 valence electrons. The molecule has 0 unspecified atom stereocenters. The quantitative estimate of drug-likeness (QED) is 0.279. The van der Waals surface area contributed by atoms with Crippen molar-refractivity contribution in [3.8, 4) is 0 Å². The Morgan fingerprint density at radius 2 is 1.63 bits per heavy atom. The first-order valence-electron chi connectivity index (χ1n) is 9.66. The Morgan fingerprint density at radius 1 is 1.00 bits per heavy atom. The first-order valence-corrected chi connectivity index (χ1v) is 9.66. The molecule has 0 saturated heterocycles. The van der Waals surface area contributed by atoms with Crippen LogP contribution in [0.1, 0.15) is 47.5 Å². The van der Waals surface area contributed by atoms with Gasteiger partial charge in [-0.15, -0.1) is 18.6 Å². The summed E-state index contributed by atoms with van der Waals surface area (Å²) in [5.74, 6) is 0.650. The molecule has 1 rings (SSSR count). The lowest BCUT2D eigenvalue weighted by Crippen LogP contribution is -2.01. The lowest BCUT2D eigenvalue weighted by molar-refractivity contribution is 1.09. The van der Waals surface area contributed by atoms with Gasteiger partial charge in [0, 0.05) is 0 Å². The molecule has 1 radical (unpaired) electrons. The van der Waals surface area contributed by atoms with Crippen LogP contribution in [-0.4, -0.2) is 7.28 Å².